The Hall–Kier alpha value is -1.91. The molecule has 0 unspecified atom stereocenters. The topological polar surface area (TPSA) is 71.7 Å². The molecule has 1 aromatic heterocycles. The van der Waals surface area contributed by atoms with E-state index in [2.05, 4.69) is 10.5 Å². The van der Waals surface area contributed by atoms with Gasteiger partial charge in [0.1, 0.15) is 5.78 Å². The van der Waals surface area contributed by atoms with Gasteiger partial charge >= 0.3 is 5.91 Å². The first-order valence-electron chi connectivity index (χ1n) is 5.87. The number of amides is 1. The third-order valence-corrected chi connectivity index (χ3v) is 2.82. The van der Waals surface area contributed by atoms with E-state index in [0.29, 0.717) is 12.8 Å². The summed E-state index contributed by atoms with van der Waals surface area (Å²) in [6, 6.07) is 3.20. The summed E-state index contributed by atoms with van der Waals surface area (Å²) in [5.74, 6) is -0.0266. The maximum absolute atomic E-state index is 11.6. The highest BCUT2D eigenvalue weighted by atomic mass is 16.3. The van der Waals surface area contributed by atoms with Crippen molar-refractivity contribution >= 4 is 17.4 Å². The lowest BCUT2D eigenvalue weighted by Gasteiger charge is -2.28. The SMILES string of the molecule is CC1(C)CC(=O)CC(=NNC(=O)c2ccco2)C1. The van der Waals surface area contributed by atoms with Gasteiger partial charge in [0, 0.05) is 18.6 Å². The summed E-state index contributed by atoms with van der Waals surface area (Å²) in [7, 11) is 0. The number of furan rings is 1. The van der Waals surface area contributed by atoms with Crippen molar-refractivity contribution in [3.05, 3.63) is 24.2 Å². The van der Waals surface area contributed by atoms with Gasteiger partial charge < -0.3 is 4.42 Å². The molecule has 0 aliphatic heterocycles. The van der Waals surface area contributed by atoms with Crippen LogP contribution in [0.3, 0.4) is 0 Å². The monoisotopic (exact) mass is 248 g/mol. The second-order valence-corrected chi connectivity index (χ2v) is 5.33. The van der Waals surface area contributed by atoms with Crippen LogP contribution in [0.5, 0.6) is 0 Å². The zero-order valence-corrected chi connectivity index (χ0v) is 10.5. The quantitative estimate of drug-likeness (QED) is 0.815. The average Bonchev–Trinajstić information content (AvgIpc) is 2.76. The summed E-state index contributed by atoms with van der Waals surface area (Å²) in [5, 5.41) is 4.02. The number of rotatable bonds is 2. The fourth-order valence-corrected chi connectivity index (χ4v) is 2.17. The van der Waals surface area contributed by atoms with Crippen molar-refractivity contribution in [1.82, 2.24) is 5.43 Å². The Balaban J connectivity index is 2.01. The molecule has 1 saturated carbocycles. The van der Waals surface area contributed by atoms with Crippen molar-refractivity contribution < 1.29 is 14.0 Å². The molecule has 18 heavy (non-hydrogen) atoms. The number of hydrogen-bond acceptors (Lipinski definition) is 4. The van der Waals surface area contributed by atoms with Crippen molar-refractivity contribution in [3.63, 3.8) is 0 Å². The zero-order chi connectivity index (χ0) is 13.2. The lowest BCUT2D eigenvalue weighted by atomic mass is 9.76. The first kappa shape index (κ1) is 12.5. The van der Waals surface area contributed by atoms with E-state index in [4.69, 9.17) is 4.42 Å². The van der Waals surface area contributed by atoms with Gasteiger partial charge in [0.25, 0.3) is 0 Å². The maximum atomic E-state index is 11.6. The summed E-state index contributed by atoms with van der Waals surface area (Å²) in [6.45, 7) is 4.04. The van der Waals surface area contributed by atoms with Crippen molar-refractivity contribution in [1.29, 1.82) is 0 Å². The van der Waals surface area contributed by atoms with Crippen molar-refractivity contribution in [2.75, 3.05) is 0 Å². The predicted molar refractivity (Wildman–Crippen MR) is 66.2 cm³/mol. The third kappa shape index (κ3) is 3.06. The van der Waals surface area contributed by atoms with E-state index in [0.717, 1.165) is 12.1 Å². The van der Waals surface area contributed by atoms with Gasteiger partial charge in [0.2, 0.25) is 0 Å². The Labute approximate surface area is 105 Å². The number of carbonyl (C=O) groups excluding carboxylic acids is 2. The average molecular weight is 248 g/mol. The Morgan fingerprint density at radius 2 is 2.22 bits per heavy atom. The van der Waals surface area contributed by atoms with Crippen molar-refractivity contribution in [2.45, 2.75) is 33.1 Å². The number of ketones is 1. The van der Waals surface area contributed by atoms with Gasteiger partial charge in [-0.25, -0.2) is 5.43 Å². The number of carbonyl (C=O) groups is 2. The van der Waals surface area contributed by atoms with Crippen LogP contribution in [-0.4, -0.2) is 17.4 Å². The van der Waals surface area contributed by atoms with Crippen molar-refractivity contribution in [3.8, 4) is 0 Å². The second kappa shape index (κ2) is 4.76. The van der Waals surface area contributed by atoms with Crippen LogP contribution in [-0.2, 0) is 4.79 Å². The van der Waals surface area contributed by atoms with Gasteiger partial charge in [0.05, 0.1) is 6.26 Å². The summed E-state index contributed by atoms with van der Waals surface area (Å²) in [5.41, 5.74) is 3.06. The van der Waals surface area contributed by atoms with E-state index in [-0.39, 0.29) is 17.0 Å². The van der Waals surface area contributed by atoms with Gasteiger partial charge in [-0.1, -0.05) is 13.8 Å². The molecule has 5 nitrogen and oxygen atoms in total. The molecular weight excluding hydrogens is 232 g/mol. The molecule has 1 aliphatic rings. The Morgan fingerprint density at radius 1 is 1.44 bits per heavy atom. The lowest BCUT2D eigenvalue weighted by molar-refractivity contribution is -0.120. The van der Waals surface area contributed by atoms with Crippen LogP contribution in [0.2, 0.25) is 0 Å². The molecule has 0 radical (unpaired) electrons. The Kier molecular flexibility index (Phi) is 3.32. The fraction of sp³-hybridized carbons (Fsp3) is 0.462. The smallest absolute Gasteiger partial charge is 0.307 e. The number of nitrogens with zero attached hydrogens (tertiary/aromatic N) is 1. The second-order valence-electron chi connectivity index (χ2n) is 5.33. The van der Waals surface area contributed by atoms with E-state index >= 15 is 0 Å². The zero-order valence-electron chi connectivity index (χ0n) is 10.5. The van der Waals surface area contributed by atoms with E-state index in [1.165, 1.54) is 6.26 Å². The molecule has 96 valence electrons. The first-order valence-corrected chi connectivity index (χ1v) is 5.87. The number of hydrogen-bond donors (Lipinski definition) is 1. The number of nitrogens with one attached hydrogen (secondary N) is 1. The number of hydrazone groups is 1. The highest BCUT2D eigenvalue weighted by Gasteiger charge is 2.30. The minimum absolute atomic E-state index is 0.0798. The molecule has 1 heterocycles. The molecular formula is C13H16N2O3. The van der Waals surface area contributed by atoms with E-state index < -0.39 is 5.91 Å². The van der Waals surface area contributed by atoms with E-state index in [9.17, 15) is 9.59 Å². The van der Waals surface area contributed by atoms with Gasteiger partial charge in [0.15, 0.2) is 5.76 Å². The standard InChI is InChI=1S/C13H16N2O3/c1-13(2)7-9(6-10(16)8-13)14-15-12(17)11-4-3-5-18-11/h3-5H,6-8H2,1-2H3,(H,15,17). The summed E-state index contributed by atoms with van der Waals surface area (Å²) in [4.78, 5) is 23.1. The molecule has 1 aliphatic carbocycles. The van der Waals surface area contributed by atoms with E-state index in [1.807, 2.05) is 13.8 Å². The highest BCUT2D eigenvalue weighted by molar-refractivity contribution is 6.05. The Morgan fingerprint density at radius 3 is 2.83 bits per heavy atom. The molecule has 1 N–H and O–H groups in total. The molecule has 2 rings (SSSR count). The van der Waals surface area contributed by atoms with E-state index in [1.54, 1.807) is 12.1 Å². The fourth-order valence-electron chi connectivity index (χ4n) is 2.17. The molecule has 5 heteroatoms. The molecule has 1 fully saturated rings. The molecule has 0 saturated heterocycles. The van der Waals surface area contributed by atoms with Crippen LogP contribution in [0.15, 0.2) is 27.9 Å². The summed E-state index contributed by atoms with van der Waals surface area (Å²) in [6.07, 6.45) is 3.03. The van der Waals surface area contributed by atoms with Crippen molar-refractivity contribution in [2.24, 2.45) is 10.5 Å². The molecule has 0 atom stereocenters. The van der Waals surface area contributed by atoms with Crippen LogP contribution in [0, 0.1) is 5.41 Å². The molecule has 1 aromatic rings. The summed E-state index contributed by atoms with van der Waals surface area (Å²) < 4.78 is 4.95. The first-order chi connectivity index (χ1) is 8.46. The van der Waals surface area contributed by atoms with Crippen LogP contribution < -0.4 is 5.43 Å². The highest BCUT2D eigenvalue weighted by Crippen LogP contribution is 2.31. The minimum Gasteiger partial charge on any atom is -0.459 e. The normalized spacial score (nSPS) is 21.0. The van der Waals surface area contributed by atoms with Crippen LogP contribution in [0.25, 0.3) is 0 Å². The van der Waals surface area contributed by atoms with Gasteiger partial charge in [-0.3, -0.25) is 9.59 Å². The Bertz CT molecular complexity index is 486. The molecule has 0 aromatic carbocycles. The van der Waals surface area contributed by atoms with Gasteiger partial charge in [-0.2, -0.15) is 5.10 Å². The predicted octanol–water partition coefficient (Wildman–Crippen LogP) is 2.14. The maximum Gasteiger partial charge on any atom is 0.307 e. The molecule has 1 amide bonds. The number of Topliss-reactive ketones (excluding diaryl/α,β-unsaturated/α-hetero) is 1. The summed E-state index contributed by atoms with van der Waals surface area (Å²) >= 11 is 0. The largest absolute Gasteiger partial charge is 0.459 e. The van der Waals surface area contributed by atoms with Crippen LogP contribution >= 0.6 is 0 Å². The molecule has 0 bridgehead atoms. The van der Waals surface area contributed by atoms with Crippen LogP contribution in [0.1, 0.15) is 43.7 Å². The van der Waals surface area contributed by atoms with Crippen LogP contribution in [0.4, 0.5) is 0 Å². The third-order valence-electron chi connectivity index (χ3n) is 2.82. The van der Waals surface area contributed by atoms with Gasteiger partial charge in [-0.15, -0.1) is 0 Å². The molecule has 0 spiro atoms. The lowest BCUT2D eigenvalue weighted by Crippen LogP contribution is -2.31. The van der Waals surface area contributed by atoms with Gasteiger partial charge in [-0.05, 0) is 24.0 Å². The minimum atomic E-state index is -0.400.